The van der Waals surface area contributed by atoms with Crippen molar-refractivity contribution in [2.24, 2.45) is 11.8 Å². The predicted molar refractivity (Wildman–Crippen MR) is 117 cm³/mol. The average molecular weight is 419 g/mol. The van der Waals surface area contributed by atoms with Gasteiger partial charge in [0.2, 0.25) is 0 Å². The van der Waals surface area contributed by atoms with E-state index in [1.165, 1.54) is 18.4 Å². The van der Waals surface area contributed by atoms with E-state index in [1.54, 1.807) is 18.2 Å². The van der Waals surface area contributed by atoms with Crippen LogP contribution < -0.4 is 5.32 Å². The van der Waals surface area contributed by atoms with Gasteiger partial charge in [0.25, 0.3) is 5.91 Å². The molecule has 1 saturated carbocycles. The molecule has 1 amide bonds. The highest BCUT2D eigenvalue weighted by Crippen LogP contribution is 2.39. The first-order valence-corrected chi connectivity index (χ1v) is 10.7. The molecule has 3 nitrogen and oxygen atoms in total. The number of benzene rings is 2. The molecule has 1 atom stereocenters. The number of rotatable bonds is 6. The van der Waals surface area contributed by atoms with Crippen molar-refractivity contribution in [1.29, 1.82) is 0 Å². The van der Waals surface area contributed by atoms with Crippen LogP contribution in [0.25, 0.3) is 0 Å². The van der Waals surface area contributed by atoms with E-state index in [1.807, 2.05) is 0 Å². The highest BCUT2D eigenvalue weighted by Gasteiger charge is 2.30. The van der Waals surface area contributed by atoms with Crippen molar-refractivity contribution < 1.29 is 4.79 Å². The van der Waals surface area contributed by atoms with E-state index < -0.39 is 0 Å². The van der Waals surface area contributed by atoms with E-state index in [0.29, 0.717) is 40.0 Å². The third kappa shape index (κ3) is 5.50. The maximum atomic E-state index is 12.4. The van der Waals surface area contributed by atoms with Crippen molar-refractivity contribution in [3.8, 4) is 0 Å². The van der Waals surface area contributed by atoms with Gasteiger partial charge in [-0.1, -0.05) is 53.5 Å². The Morgan fingerprint density at radius 1 is 1.04 bits per heavy atom. The SMILES string of the molecule is CN(C)C(c1ccccc1)C1CCC(CNC(=O)c2cc(Cl)cc(Cl)c2)CC1. The zero-order chi connectivity index (χ0) is 20.1. The molecule has 1 unspecified atom stereocenters. The zero-order valence-corrected chi connectivity index (χ0v) is 18.0. The Hall–Kier alpha value is -1.55. The summed E-state index contributed by atoms with van der Waals surface area (Å²) in [4.78, 5) is 14.7. The lowest BCUT2D eigenvalue weighted by Crippen LogP contribution is -2.34. The van der Waals surface area contributed by atoms with Gasteiger partial charge in [-0.2, -0.15) is 0 Å². The minimum Gasteiger partial charge on any atom is -0.352 e. The van der Waals surface area contributed by atoms with Crippen LogP contribution in [0.4, 0.5) is 0 Å². The third-order valence-corrected chi connectivity index (χ3v) is 6.15. The maximum absolute atomic E-state index is 12.4. The van der Waals surface area contributed by atoms with Crippen LogP contribution in [0.1, 0.15) is 47.6 Å². The number of hydrogen-bond donors (Lipinski definition) is 1. The molecule has 1 aliphatic rings. The Bertz CT molecular complexity index is 766. The second-order valence-electron chi connectivity index (χ2n) is 7.97. The topological polar surface area (TPSA) is 32.3 Å². The van der Waals surface area contributed by atoms with Gasteiger partial charge in [0.15, 0.2) is 0 Å². The number of hydrogen-bond acceptors (Lipinski definition) is 2. The zero-order valence-electron chi connectivity index (χ0n) is 16.5. The molecule has 0 radical (unpaired) electrons. The molecule has 0 heterocycles. The monoisotopic (exact) mass is 418 g/mol. The first-order chi connectivity index (χ1) is 13.4. The summed E-state index contributed by atoms with van der Waals surface area (Å²) in [5.74, 6) is 1.06. The summed E-state index contributed by atoms with van der Waals surface area (Å²) in [5.41, 5.74) is 1.91. The predicted octanol–water partition coefficient (Wildman–Crippen LogP) is 5.83. The Morgan fingerprint density at radius 2 is 1.64 bits per heavy atom. The Kier molecular flexibility index (Phi) is 7.39. The van der Waals surface area contributed by atoms with E-state index in [4.69, 9.17) is 23.2 Å². The highest BCUT2D eigenvalue weighted by atomic mass is 35.5. The van der Waals surface area contributed by atoms with Gasteiger partial charge in [-0.3, -0.25) is 4.79 Å². The minimum atomic E-state index is -0.109. The fourth-order valence-electron chi connectivity index (χ4n) is 4.37. The summed E-state index contributed by atoms with van der Waals surface area (Å²) in [6.45, 7) is 0.702. The highest BCUT2D eigenvalue weighted by molar-refractivity contribution is 6.35. The van der Waals surface area contributed by atoms with Gasteiger partial charge in [-0.05, 0) is 75.4 Å². The molecular weight excluding hydrogens is 391 g/mol. The Morgan fingerprint density at radius 3 is 2.21 bits per heavy atom. The standard InChI is InChI=1S/C23H28Cl2N2O/c1-27(2)22(17-6-4-3-5-7-17)18-10-8-16(9-11-18)15-26-23(28)19-12-20(24)14-21(25)13-19/h3-7,12-14,16,18,22H,8-11,15H2,1-2H3,(H,26,28). The number of carbonyl (C=O) groups excluding carboxylic acids is 1. The van der Waals surface area contributed by atoms with Gasteiger partial charge in [-0.25, -0.2) is 0 Å². The summed E-state index contributed by atoms with van der Waals surface area (Å²) in [6.07, 6.45) is 4.64. The lowest BCUT2D eigenvalue weighted by molar-refractivity contribution is 0.0934. The van der Waals surface area contributed by atoms with E-state index in [0.717, 1.165) is 12.8 Å². The van der Waals surface area contributed by atoms with Crippen molar-refractivity contribution in [3.05, 3.63) is 69.7 Å². The summed E-state index contributed by atoms with van der Waals surface area (Å²) < 4.78 is 0. The van der Waals surface area contributed by atoms with Crippen molar-refractivity contribution in [1.82, 2.24) is 10.2 Å². The van der Waals surface area contributed by atoms with Gasteiger partial charge in [-0.15, -0.1) is 0 Å². The molecule has 150 valence electrons. The van der Waals surface area contributed by atoms with Crippen LogP contribution in [0.5, 0.6) is 0 Å². The fraction of sp³-hybridized carbons (Fsp3) is 0.435. The average Bonchev–Trinajstić information content (AvgIpc) is 2.67. The molecule has 2 aromatic rings. The number of nitrogens with one attached hydrogen (secondary N) is 1. The molecule has 3 rings (SSSR count). The van der Waals surface area contributed by atoms with Crippen molar-refractivity contribution >= 4 is 29.1 Å². The minimum absolute atomic E-state index is 0.109. The van der Waals surface area contributed by atoms with Crippen LogP contribution in [-0.4, -0.2) is 31.4 Å². The van der Waals surface area contributed by atoms with Crippen LogP contribution in [0, 0.1) is 11.8 Å². The number of carbonyl (C=O) groups is 1. The molecule has 1 N–H and O–H groups in total. The van der Waals surface area contributed by atoms with E-state index in [9.17, 15) is 4.79 Å². The summed E-state index contributed by atoms with van der Waals surface area (Å²) in [6, 6.07) is 16.2. The largest absolute Gasteiger partial charge is 0.352 e. The molecule has 28 heavy (non-hydrogen) atoms. The van der Waals surface area contributed by atoms with Gasteiger partial charge in [0, 0.05) is 28.2 Å². The quantitative estimate of drug-likeness (QED) is 0.639. The number of amides is 1. The van der Waals surface area contributed by atoms with Gasteiger partial charge < -0.3 is 10.2 Å². The van der Waals surface area contributed by atoms with Crippen LogP contribution in [0.2, 0.25) is 10.0 Å². The van der Waals surface area contributed by atoms with Crippen molar-refractivity contribution in [2.75, 3.05) is 20.6 Å². The van der Waals surface area contributed by atoms with Crippen LogP contribution in [0.15, 0.2) is 48.5 Å². The molecule has 0 aromatic heterocycles. The third-order valence-electron chi connectivity index (χ3n) is 5.71. The molecule has 1 aliphatic carbocycles. The van der Waals surface area contributed by atoms with Crippen LogP contribution in [-0.2, 0) is 0 Å². The maximum Gasteiger partial charge on any atom is 0.251 e. The van der Waals surface area contributed by atoms with Crippen LogP contribution in [0.3, 0.4) is 0 Å². The molecule has 1 fully saturated rings. The number of nitrogens with zero attached hydrogens (tertiary/aromatic N) is 1. The second-order valence-corrected chi connectivity index (χ2v) is 8.84. The molecule has 0 aliphatic heterocycles. The fourth-order valence-corrected chi connectivity index (χ4v) is 4.90. The lowest BCUT2D eigenvalue weighted by Gasteiger charge is -2.37. The molecule has 0 bridgehead atoms. The van der Waals surface area contributed by atoms with E-state index in [2.05, 4.69) is 54.6 Å². The van der Waals surface area contributed by atoms with Crippen molar-refractivity contribution in [2.45, 2.75) is 31.7 Å². The van der Waals surface area contributed by atoms with E-state index >= 15 is 0 Å². The molecule has 0 spiro atoms. The van der Waals surface area contributed by atoms with Gasteiger partial charge in [0.05, 0.1) is 0 Å². The molecule has 5 heteroatoms. The lowest BCUT2D eigenvalue weighted by atomic mass is 9.76. The summed E-state index contributed by atoms with van der Waals surface area (Å²) in [5, 5.41) is 4.02. The molecular formula is C23H28Cl2N2O. The Balaban J connectivity index is 1.53. The molecule has 0 saturated heterocycles. The number of halogens is 2. The Labute approximate surface area is 178 Å². The van der Waals surface area contributed by atoms with E-state index in [-0.39, 0.29) is 5.91 Å². The summed E-state index contributed by atoms with van der Waals surface area (Å²) in [7, 11) is 4.33. The smallest absolute Gasteiger partial charge is 0.251 e. The van der Waals surface area contributed by atoms with Crippen LogP contribution >= 0.6 is 23.2 Å². The second kappa shape index (κ2) is 9.78. The van der Waals surface area contributed by atoms with Gasteiger partial charge in [0.1, 0.15) is 0 Å². The van der Waals surface area contributed by atoms with Gasteiger partial charge >= 0.3 is 0 Å². The normalized spacial score (nSPS) is 20.8. The van der Waals surface area contributed by atoms with Crippen molar-refractivity contribution in [3.63, 3.8) is 0 Å². The summed E-state index contributed by atoms with van der Waals surface area (Å²) >= 11 is 12.0. The molecule has 2 aromatic carbocycles. The first-order valence-electron chi connectivity index (χ1n) is 9.89. The first kappa shape index (κ1) is 21.2.